The number of aliphatic hydroxyl groups is 1. The van der Waals surface area contributed by atoms with E-state index in [4.69, 9.17) is 11.5 Å². The zero-order chi connectivity index (χ0) is 22.4. The molecule has 166 valence electrons. The first kappa shape index (κ1) is 20.7. The van der Waals surface area contributed by atoms with Gasteiger partial charge in [0.05, 0.1) is 24.2 Å². The van der Waals surface area contributed by atoms with Crippen molar-refractivity contribution in [1.82, 2.24) is 24.3 Å². The lowest BCUT2D eigenvalue weighted by Gasteiger charge is -2.13. The summed E-state index contributed by atoms with van der Waals surface area (Å²) in [6.07, 6.45) is 8.53. The van der Waals surface area contributed by atoms with Crippen LogP contribution < -0.4 is 11.5 Å². The van der Waals surface area contributed by atoms with Crippen LogP contribution in [-0.4, -0.2) is 42.1 Å². The van der Waals surface area contributed by atoms with Gasteiger partial charge >= 0.3 is 0 Å². The second-order valence-electron chi connectivity index (χ2n) is 8.94. The number of rotatable bonds is 5. The maximum absolute atomic E-state index is 10.4. The molecule has 0 amide bonds. The lowest BCUT2D eigenvalue weighted by atomic mass is 10.1. The van der Waals surface area contributed by atoms with Gasteiger partial charge in [-0.15, -0.1) is 0 Å². The maximum atomic E-state index is 10.4. The van der Waals surface area contributed by atoms with Crippen molar-refractivity contribution in [2.45, 2.75) is 45.4 Å². The number of hydrogen-bond acceptors (Lipinski definition) is 6. The highest BCUT2D eigenvalue weighted by Crippen LogP contribution is 2.40. The normalized spacial score (nSPS) is 20.9. The molecule has 8 heteroatoms. The minimum Gasteiger partial charge on any atom is -0.393 e. The standard InChI is InChI=1S/C24H29N7O/c1-14-3-4-16(5-15(14)2)10-30-11-18(9-29-30)20-12-31(19-6-17(8-25)21(32)7-19)24-22(20)23(26)27-13-28-24/h3-5,9,11-13,17,19,21,32H,6-8,10,25H2,1-2H3,(H2,26,27,28)/t17-,19-,21+/m1/s1. The monoisotopic (exact) mass is 431 g/mol. The van der Waals surface area contributed by atoms with Gasteiger partial charge in [0, 0.05) is 29.6 Å². The zero-order valence-electron chi connectivity index (χ0n) is 18.4. The summed E-state index contributed by atoms with van der Waals surface area (Å²) in [5.74, 6) is 0.542. The molecule has 1 aliphatic carbocycles. The minimum absolute atomic E-state index is 0.0980. The van der Waals surface area contributed by atoms with Crippen LogP contribution in [0.25, 0.3) is 22.2 Å². The number of fused-ring (bicyclic) bond motifs is 1. The lowest BCUT2D eigenvalue weighted by molar-refractivity contribution is 0.135. The van der Waals surface area contributed by atoms with Gasteiger partial charge in [-0.05, 0) is 55.8 Å². The Bertz CT molecular complexity index is 1270. The van der Waals surface area contributed by atoms with Crippen LogP contribution in [0.15, 0.2) is 43.1 Å². The number of anilines is 1. The number of nitrogens with two attached hydrogens (primary N) is 2. The Labute approximate surface area is 186 Å². The van der Waals surface area contributed by atoms with Crippen molar-refractivity contribution in [2.75, 3.05) is 12.3 Å². The molecular formula is C24H29N7O. The number of aromatic nitrogens is 5. The van der Waals surface area contributed by atoms with Gasteiger partial charge in [0.15, 0.2) is 0 Å². The SMILES string of the molecule is Cc1ccc(Cn2cc(-c3cn([C@@H]4C[C@H](CN)[C@@H](O)C4)c4ncnc(N)c34)cn2)cc1C. The number of nitrogen functional groups attached to an aromatic ring is 1. The molecule has 1 saturated carbocycles. The van der Waals surface area contributed by atoms with E-state index in [-0.39, 0.29) is 12.0 Å². The third-order valence-corrected chi connectivity index (χ3v) is 6.83. The number of benzene rings is 1. The summed E-state index contributed by atoms with van der Waals surface area (Å²) in [4.78, 5) is 8.76. The highest BCUT2D eigenvalue weighted by molar-refractivity contribution is 6.00. The first-order valence-corrected chi connectivity index (χ1v) is 11.0. The van der Waals surface area contributed by atoms with Gasteiger partial charge in [-0.1, -0.05) is 18.2 Å². The lowest BCUT2D eigenvalue weighted by Crippen LogP contribution is -2.21. The fraction of sp³-hybridized carbons (Fsp3) is 0.375. The number of aliphatic hydroxyl groups excluding tert-OH is 1. The molecule has 3 heterocycles. The first-order chi connectivity index (χ1) is 15.4. The molecule has 3 atom stereocenters. The van der Waals surface area contributed by atoms with Gasteiger partial charge in [-0.3, -0.25) is 4.68 Å². The van der Waals surface area contributed by atoms with Crippen LogP contribution in [0.4, 0.5) is 5.82 Å². The van der Waals surface area contributed by atoms with E-state index >= 15 is 0 Å². The Hall–Kier alpha value is -3.23. The predicted octanol–water partition coefficient (Wildman–Crippen LogP) is 2.81. The highest BCUT2D eigenvalue weighted by Gasteiger charge is 2.34. The van der Waals surface area contributed by atoms with E-state index in [1.54, 1.807) is 0 Å². The topological polar surface area (TPSA) is 121 Å². The largest absolute Gasteiger partial charge is 0.393 e. The van der Waals surface area contributed by atoms with E-state index in [9.17, 15) is 5.11 Å². The Balaban J connectivity index is 1.51. The summed E-state index contributed by atoms with van der Waals surface area (Å²) in [5.41, 5.74) is 18.6. The van der Waals surface area contributed by atoms with Crippen molar-refractivity contribution in [3.05, 3.63) is 59.8 Å². The van der Waals surface area contributed by atoms with Crippen LogP contribution in [0, 0.1) is 19.8 Å². The zero-order valence-corrected chi connectivity index (χ0v) is 18.4. The Morgan fingerprint density at radius 3 is 2.72 bits per heavy atom. The van der Waals surface area contributed by atoms with E-state index in [1.165, 1.54) is 23.0 Å². The molecule has 8 nitrogen and oxygen atoms in total. The fourth-order valence-corrected chi connectivity index (χ4v) is 4.84. The average molecular weight is 432 g/mol. The van der Waals surface area contributed by atoms with E-state index < -0.39 is 6.10 Å². The third-order valence-electron chi connectivity index (χ3n) is 6.83. The van der Waals surface area contributed by atoms with Gasteiger partial charge in [0.25, 0.3) is 0 Å². The second-order valence-corrected chi connectivity index (χ2v) is 8.94. The highest BCUT2D eigenvalue weighted by atomic mass is 16.3. The van der Waals surface area contributed by atoms with E-state index in [0.717, 1.165) is 28.6 Å². The van der Waals surface area contributed by atoms with E-state index in [0.29, 0.717) is 25.3 Å². The summed E-state index contributed by atoms with van der Waals surface area (Å²) in [6, 6.07) is 6.61. The van der Waals surface area contributed by atoms with Crippen LogP contribution in [0.1, 0.15) is 35.6 Å². The van der Waals surface area contributed by atoms with Crippen molar-refractivity contribution in [2.24, 2.45) is 11.7 Å². The van der Waals surface area contributed by atoms with Crippen molar-refractivity contribution in [3.63, 3.8) is 0 Å². The van der Waals surface area contributed by atoms with Gasteiger partial charge in [-0.2, -0.15) is 5.10 Å². The molecule has 0 bridgehead atoms. The molecule has 5 N–H and O–H groups in total. The Kier molecular flexibility index (Phi) is 5.19. The molecule has 5 rings (SSSR count). The molecule has 1 aliphatic rings. The van der Waals surface area contributed by atoms with Crippen molar-refractivity contribution >= 4 is 16.9 Å². The molecule has 0 aliphatic heterocycles. The third kappa shape index (κ3) is 3.55. The molecule has 0 spiro atoms. The predicted molar refractivity (Wildman–Crippen MR) is 125 cm³/mol. The minimum atomic E-state index is -0.397. The van der Waals surface area contributed by atoms with Crippen LogP contribution in [0.2, 0.25) is 0 Å². The summed E-state index contributed by atoms with van der Waals surface area (Å²) in [6.45, 7) is 5.41. The van der Waals surface area contributed by atoms with Gasteiger partial charge in [0.2, 0.25) is 0 Å². The summed E-state index contributed by atoms with van der Waals surface area (Å²) in [5, 5.41) is 15.8. The number of aryl methyl sites for hydroxylation is 2. The Morgan fingerprint density at radius 2 is 1.97 bits per heavy atom. The summed E-state index contributed by atoms with van der Waals surface area (Å²) in [7, 11) is 0. The van der Waals surface area contributed by atoms with Gasteiger partial charge in [0.1, 0.15) is 17.8 Å². The van der Waals surface area contributed by atoms with Crippen molar-refractivity contribution in [1.29, 1.82) is 0 Å². The molecular weight excluding hydrogens is 402 g/mol. The van der Waals surface area contributed by atoms with Gasteiger partial charge < -0.3 is 21.1 Å². The molecule has 32 heavy (non-hydrogen) atoms. The smallest absolute Gasteiger partial charge is 0.146 e. The van der Waals surface area contributed by atoms with Crippen molar-refractivity contribution in [3.8, 4) is 11.1 Å². The van der Waals surface area contributed by atoms with Crippen molar-refractivity contribution < 1.29 is 5.11 Å². The molecule has 4 aromatic rings. The van der Waals surface area contributed by atoms with Crippen LogP contribution in [-0.2, 0) is 6.54 Å². The molecule has 1 aromatic carbocycles. The van der Waals surface area contributed by atoms with Crippen LogP contribution >= 0.6 is 0 Å². The Morgan fingerprint density at radius 1 is 1.12 bits per heavy atom. The average Bonchev–Trinajstić information content (AvgIpc) is 3.48. The van der Waals surface area contributed by atoms with Gasteiger partial charge in [-0.25, -0.2) is 9.97 Å². The maximum Gasteiger partial charge on any atom is 0.146 e. The fourth-order valence-electron chi connectivity index (χ4n) is 4.84. The van der Waals surface area contributed by atoms with Crippen LogP contribution in [0.3, 0.4) is 0 Å². The first-order valence-electron chi connectivity index (χ1n) is 11.0. The molecule has 1 fully saturated rings. The molecule has 0 unspecified atom stereocenters. The van der Waals surface area contributed by atoms with E-state index in [2.05, 4.69) is 57.9 Å². The quantitative estimate of drug-likeness (QED) is 0.447. The van der Waals surface area contributed by atoms with Crippen LogP contribution in [0.5, 0.6) is 0 Å². The number of hydrogen-bond donors (Lipinski definition) is 3. The molecule has 0 saturated heterocycles. The molecule has 3 aromatic heterocycles. The second kappa shape index (κ2) is 8.03. The molecule has 0 radical (unpaired) electrons. The summed E-state index contributed by atoms with van der Waals surface area (Å²) < 4.78 is 4.06. The number of nitrogens with zero attached hydrogens (tertiary/aromatic N) is 5. The van der Waals surface area contributed by atoms with E-state index in [1.807, 2.05) is 17.1 Å². The summed E-state index contributed by atoms with van der Waals surface area (Å²) >= 11 is 0.